The Balaban J connectivity index is 2.16. The minimum Gasteiger partial charge on any atom is -0.495 e. The van der Waals surface area contributed by atoms with E-state index < -0.39 is 6.04 Å². The molecule has 2 amide bonds. The second-order valence-electron chi connectivity index (χ2n) is 6.40. The van der Waals surface area contributed by atoms with Crippen LogP contribution in [0.2, 0.25) is 5.02 Å². The standard InChI is InChI=1S/C20H23ClN2O3/c1-12(2)18(23-19(24)14-7-5-13(3)6-8-14)20(25)22-16-11-15(21)9-10-17(16)26-4/h5-12,18H,1-4H3,(H,22,25)(H,23,24). The normalized spacial score (nSPS) is 11.8. The van der Waals surface area contributed by atoms with Crippen molar-refractivity contribution in [2.45, 2.75) is 26.8 Å². The SMILES string of the molecule is COc1ccc(Cl)cc1NC(=O)C(NC(=O)c1ccc(C)cc1)C(C)C. The van der Waals surface area contributed by atoms with Crippen molar-refractivity contribution in [2.24, 2.45) is 5.92 Å². The molecular weight excluding hydrogens is 352 g/mol. The summed E-state index contributed by atoms with van der Waals surface area (Å²) in [7, 11) is 1.51. The zero-order valence-electron chi connectivity index (χ0n) is 15.3. The number of anilines is 1. The molecule has 2 aromatic carbocycles. The largest absolute Gasteiger partial charge is 0.495 e. The van der Waals surface area contributed by atoms with E-state index in [1.165, 1.54) is 7.11 Å². The van der Waals surface area contributed by atoms with Gasteiger partial charge < -0.3 is 15.4 Å². The van der Waals surface area contributed by atoms with Crippen molar-refractivity contribution in [3.05, 3.63) is 58.6 Å². The van der Waals surface area contributed by atoms with Gasteiger partial charge in [0.2, 0.25) is 5.91 Å². The van der Waals surface area contributed by atoms with E-state index in [-0.39, 0.29) is 17.7 Å². The van der Waals surface area contributed by atoms with Crippen molar-refractivity contribution < 1.29 is 14.3 Å². The molecule has 0 spiro atoms. The van der Waals surface area contributed by atoms with E-state index in [2.05, 4.69) is 10.6 Å². The molecule has 2 rings (SSSR count). The third-order valence-electron chi connectivity index (χ3n) is 3.97. The van der Waals surface area contributed by atoms with Crippen LogP contribution < -0.4 is 15.4 Å². The van der Waals surface area contributed by atoms with E-state index in [1.54, 1.807) is 30.3 Å². The van der Waals surface area contributed by atoms with Crippen LogP contribution in [0.4, 0.5) is 5.69 Å². The summed E-state index contributed by atoms with van der Waals surface area (Å²) in [4.78, 5) is 25.2. The first kappa shape index (κ1) is 19.8. The second kappa shape index (κ2) is 8.72. The van der Waals surface area contributed by atoms with E-state index in [9.17, 15) is 9.59 Å². The summed E-state index contributed by atoms with van der Waals surface area (Å²) < 4.78 is 5.24. The number of ether oxygens (including phenoxy) is 1. The first-order valence-electron chi connectivity index (χ1n) is 8.33. The van der Waals surface area contributed by atoms with E-state index >= 15 is 0 Å². The van der Waals surface area contributed by atoms with Crippen LogP contribution in [0.5, 0.6) is 5.75 Å². The highest BCUT2D eigenvalue weighted by molar-refractivity contribution is 6.31. The minimum absolute atomic E-state index is 0.102. The molecule has 0 saturated carbocycles. The van der Waals surface area contributed by atoms with Crippen LogP contribution in [0, 0.1) is 12.8 Å². The predicted octanol–water partition coefficient (Wildman–Crippen LogP) is 4.05. The smallest absolute Gasteiger partial charge is 0.251 e. The average molecular weight is 375 g/mol. The van der Waals surface area contributed by atoms with Gasteiger partial charge in [-0.1, -0.05) is 43.1 Å². The van der Waals surface area contributed by atoms with Gasteiger partial charge in [0, 0.05) is 10.6 Å². The summed E-state index contributed by atoms with van der Waals surface area (Å²) in [6.45, 7) is 5.69. The zero-order chi connectivity index (χ0) is 19.3. The second-order valence-corrected chi connectivity index (χ2v) is 6.83. The van der Waals surface area contributed by atoms with Gasteiger partial charge in [-0.05, 0) is 43.2 Å². The molecule has 2 N–H and O–H groups in total. The summed E-state index contributed by atoms with van der Waals surface area (Å²) in [6.07, 6.45) is 0. The van der Waals surface area contributed by atoms with E-state index in [0.29, 0.717) is 22.0 Å². The third-order valence-corrected chi connectivity index (χ3v) is 4.20. The monoisotopic (exact) mass is 374 g/mol. The fourth-order valence-electron chi connectivity index (χ4n) is 2.45. The maximum atomic E-state index is 12.7. The number of hydrogen-bond donors (Lipinski definition) is 2. The highest BCUT2D eigenvalue weighted by Crippen LogP contribution is 2.28. The average Bonchev–Trinajstić information content (AvgIpc) is 2.59. The highest BCUT2D eigenvalue weighted by Gasteiger charge is 2.25. The van der Waals surface area contributed by atoms with Crippen LogP contribution in [-0.2, 0) is 4.79 Å². The lowest BCUT2D eigenvalue weighted by atomic mass is 10.0. The molecule has 0 aliphatic rings. The zero-order valence-corrected chi connectivity index (χ0v) is 16.1. The number of nitrogens with one attached hydrogen (secondary N) is 2. The molecule has 138 valence electrons. The van der Waals surface area contributed by atoms with Gasteiger partial charge in [-0.2, -0.15) is 0 Å². The number of rotatable bonds is 6. The van der Waals surface area contributed by atoms with Gasteiger partial charge in [0.25, 0.3) is 5.91 Å². The number of hydrogen-bond acceptors (Lipinski definition) is 3. The molecule has 5 nitrogen and oxygen atoms in total. The molecule has 0 aliphatic carbocycles. The van der Waals surface area contributed by atoms with Gasteiger partial charge in [-0.25, -0.2) is 0 Å². The van der Waals surface area contributed by atoms with Gasteiger partial charge in [-0.15, -0.1) is 0 Å². The molecule has 0 saturated heterocycles. The van der Waals surface area contributed by atoms with Crippen LogP contribution in [0.3, 0.4) is 0 Å². The maximum absolute atomic E-state index is 12.7. The third kappa shape index (κ3) is 4.99. The Labute approximate surface area is 158 Å². The Morgan fingerprint density at radius 2 is 1.73 bits per heavy atom. The molecule has 1 unspecified atom stereocenters. The lowest BCUT2D eigenvalue weighted by Crippen LogP contribution is -2.47. The van der Waals surface area contributed by atoms with Gasteiger partial charge in [-0.3, -0.25) is 9.59 Å². The van der Waals surface area contributed by atoms with E-state index in [4.69, 9.17) is 16.3 Å². The molecule has 0 bridgehead atoms. The van der Waals surface area contributed by atoms with Crippen molar-refractivity contribution in [2.75, 3.05) is 12.4 Å². The van der Waals surface area contributed by atoms with Crippen molar-refractivity contribution >= 4 is 29.1 Å². The van der Waals surface area contributed by atoms with Crippen LogP contribution in [-0.4, -0.2) is 25.0 Å². The summed E-state index contributed by atoms with van der Waals surface area (Å²) in [5.41, 5.74) is 2.03. The van der Waals surface area contributed by atoms with Gasteiger partial charge >= 0.3 is 0 Å². The fraction of sp³-hybridized carbons (Fsp3) is 0.300. The highest BCUT2D eigenvalue weighted by atomic mass is 35.5. The number of methoxy groups -OCH3 is 1. The molecule has 2 aromatic rings. The lowest BCUT2D eigenvalue weighted by molar-refractivity contribution is -0.118. The van der Waals surface area contributed by atoms with Gasteiger partial charge in [0.05, 0.1) is 12.8 Å². The molecule has 26 heavy (non-hydrogen) atoms. The molecule has 6 heteroatoms. The minimum atomic E-state index is -0.701. The number of amides is 2. The number of carbonyl (C=O) groups is 2. The Bertz CT molecular complexity index is 788. The predicted molar refractivity (Wildman–Crippen MR) is 104 cm³/mol. The van der Waals surface area contributed by atoms with Gasteiger partial charge in [0.1, 0.15) is 11.8 Å². The number of benzene rings is 2. The Morgan fingerprint density at radius 3 is 2.31 bits per heavy atom. The van der Waals surface area contributed by atoms with Gasteiger partial charge in [0.15, 0.2) is 0 Å². The number of aryl methyl sites for hydroxylation is 1. The molecule has 0 fully saturated rings. The van der Waals surface area contributed by atoms with Crippen LogP contribution in [0.1, 0.15) is 29.8 Å². The van der Waals surface area contributed by atoms with Crippen LogP contribution >= 0.6 is 11.6 Å². The number of halogens is 1. The molecule has 1 atom stereocenters. The summed E-state index contributed by atoms with van der Waals surface area (Å²) in [5, 5.41) is 6.06. The summed E-state index contributed by atoms with van der Waals surface area (Å²) in [5.74, 6) is -0.234. The van der Waals surface area contributed by atoms with Crippen LogP contribution in [0.15, 0.2) is 42.5 Å². The molecule has 0 aromatic heterocycles. The van der Waals surface area contributed by atoms with Crippen molar-refractivity contribution in [3.63, 3.8) is 0 Å². The topological polar surface area (TPSA) is 67.4 Å². The summed E-state index contributed by atoms with van der Waals surface area (Å²) >= 11 is 6.00. The number of carbonyl (C=O) groups excluding carboxylic acids is 2. The van der Waals surface area contributed by atoms with Crippen LogP contribution in [0.25, 0.3) is 0 Å². The molecular formula is C20H23ClN2O3. The molecule has 0 radical (unpaired) electrons. The fourth-order valence-corrected chi connectivity index (χ4v) is 2.62. The first-order valence-corrected chi connectivity index (χ1v) is 8.71. The quantitative estimate of drug-likeness (QED) is 0.801. The van der Waals surface area contributed by atoms with Crippen molar-refractivity contribution in [3.8, 4) is 5.75 Å². The molecule has 0 heterocycles. The first-order chi connectivity index (χ1) is 12.3. The molecule has 0 aliphatic heterocycles. The Hall–Kier alpha value is -2.53. The van der Waals surface area contributed by atoms with E-state index in [0.717, 1.165) is 5.56 Å². The Morgan fingerprint density at radius 1 is 1.08 bits per heavy atom. The maximum Gasteiger partial charge on any atom is 0.251 e. The van der Waals surface area contributed by atoms with Crippen molar-refractivity contribution in [1.82, 2.24) is 5.32 Å². The Kier molecular flexibility index (Phi) is 6.64. The van der Waals surface area contributed by atoms with Crippen molar-refractivity contribution in [1.29, 1.82) is 0 Å². The summed E-state index contributed by atoms with van der Waals surface area (Å²) in [6, 6.07) is 11.4. The van der Waals surface area contributed by atoms with E-state index in [1.807, 2.05) is 32.9 Å². The lowest BCUT2D eigenvalue weighted by Gasteiger charge is -2.22.